The topological polar surface area (TPSA) is 57.2 Å². The molecule has 1 aliphatic heterocycles. The quantitative estimate of drug-likeness (QED) is 0.435. The zero-order chi connectivity index (χ0) is 21.6. The van der Waals surface area contributed by atoms with Crippen LogP contribution in [0.5, 0.6) is 0 Å². The van der Waals surface area contributed by atoms with Gasteiger partial charge in [0.25, 0.3) is 0 Å². The Labute approximate surface area is 188 Å². The molecule has 1 aliphatic rings. The smallest absolute Gasteiger partial charge is 0.156 e. The molecule has 0 amide bonds. The fourth-order valence-corrected chi connectivity index (χ4v) is 4.29. The molecule has 0 spiro atoms. The van der Waals surface area contributed by atoms with Gasteiger partial charge in [0.05, 0.1) is 0 Å². The molecule has 1 unspecified atom stereocenters. The van der Waals surface area contributed by atoms with Crippen molar-refractivity contribution in [2.75, 3.05) is 11.4 Å². The molecule has 4 rings (SSSR count). The molecule has 0 aliphatic carbocycles. The number of H-pyrrole nitrogens is 1. The number of aromatic amines is 1. The zero-order valence-electron chi connectivity index (χ0n) is 18.1. The second kappa shape index (κ2) is 9.92. The molecule has 1 fully saturated rings. The summed E-state index contributed by atoms with van der Waals surface area (Å²) in [6.45, 7) is 5.46. The Hall–Kier alpha value is -2.92. The fourth-order valence-electron chi connectivity index (χ4n) is 4.03. The Morgan fingerprint density at radius 1 is 1.26 bits per heavy atom. The second-order valence-electron chi connectivity index (χ2n) is 7.87. The number of halogens is 1. The van der Waals surface area contributed by atoms with Crippen molar-refractivity contribution < 1.29 is 0 Å². The lowest BCUT2D eigenvalue weighted by molar-refractivity contribution is 0.727. The maximum Gasteiger partial charge on any atom is 0.156 e. The average molecular weight is 434 g/mol. The molecule has 1 saturated heterocycles. The third kappa shape index (κ3) is 5.05. The lowest BCUT2D eigenvalue weighted by atomic mass is 9.99. The van der Waals surface area contributed by atoms with Crippen molar-refractivity contribution in [1.82, 2.24) is 15.0 Å². The molecule has 160 valence electrons. The van der Waals surface area contributed by atoms with Crippen molar-refractivity contribution in [3.8, 4) is 0 Å². The summed E-state index contributed by atoms with van der Waals surface area (Å²) in [5.41, 5.74) is 2.90. The van der Waals surface area contributed by atoms with E-state index in [0.29, 0.717) is 17.7 Å². The largest absolute Gasteiger partial charge is 0.354 e. The maximum atomic E-state index is 6.51. The first-order chi connectivity index (χ1) is 15.2. The van der Waals surface area contributed by atoms with Crippen molar-refractivity contribution >= 4 is 34.5 Å². The Balaban J connectivity index is 1.76. The van der Waals surface area contributed by atoms with Crippen LogP contribution in [0.2, 0.25) is 5.02 Å². The zero-order valence-corrected chi connectivity index (χ0v) is 18.8. The Morgan fingerprint density at radius 2 is 2.13 bits per heavy atom. The van der Waals surface area contributed by atoms with Gasteiger partial charge in [0.2, 0.25) is 0 Å². The van der Waals surface area contributed by atoms with Crippen molar-refractivity contribution in [1.29, 1.82) is 0 Å². The van der Waals surface area contributed by atoms with Crippen LogP contribution in [0, 0.1) is 0 Å². The van der Waals surface area contributed by atoms with Gasteiger partial charge in [0, 0.05) is 30.0 Å². The highest BCUT2D eigenvalue weighted by atomic mass is 35.5. The minimum absolute atomic E-state index is 0.507. The molecule has 2 aromatic heterocycles. The fraction of sp³-hybridized carbons (Fsp3) is 0.320. The summed E-state index contributed by atoms with van der Waals surface area (Å²) in [5, 5.41) is 0.740. The summed E-state index contributed by atoms with van der Waals surface area (Å²) >= 11 is 6.51. The van der Waals surface area contributed by atoms with E-state index in [9.17, 15) is 0 Å². The van der Waals surface area contributed by atoms with E-state index < -0.39 is 0 Å². The highest BCUT2D eigenvalue weighted by Crippen LogP contribution is 2.29. The molecule has 1 aromatic carbocycles. The third-order valence-electron chi connectivity index (χ3n) is 5.59. The second-order valence-corrected chi connectivity index (χ2v) is 8.28. The van der Waals surface area contributed by atoms with Crippen molar-refractivity contribution in [2.45, 2.75) is 45.6 Å². The van der Waals surface area contributed by atoms with Crippen LogP contribution in [-0.4, -0.2) is 33.3 Å². The van der Waals surface area contributed by atoms with E-state index in [1.54, 1.807) is 6.20 Å². The first kappa shape index (κ1) is 21.3. The van der Waals surface area contributed by atoms with Crippen LogP contribution in [0.1, 0.15) is 50.9 Å². The van der Waals surface area contributed by atoms with Gasteiger partial charge >= 0.3 is 0 Å². The van der Waals surface area contributed by atoms with E-state index in [1.165, 1.54) is 12.8 Å². The maximum absolute atomic E-state index is 6.51. The summed E-state index contributed by atoms with van der Waals surface area (Å²) in [6, 6.07) is 14.5. The minimum atomic E-state index is 0.507. The summed E-state index contributed by atoms with van der Waals surface area (Å²) in [7, 11) is 0. The van der Waals surface area contributed by atoms with E-state index in [4.69, 9.17) is 21.6 Å². The number of imidazole rings is 1. The van der Waals surface area contributed by atoms with Gasteiger partial charge in [-0.1, -0.05) is 49.2 Å². The molecule has 0 bridgehead atoms. The average Bonchev–Trinajstić information content (AvgIpc) is 3.45. The number of aromatic nitrogens is 3. The van der Waals surface area contributed by atoms with Crippen LogP contribution in [-0.2, 0) is 0 Å². The van der Waals surface area contributed by atoms with Gasteiger partial charge in [-0.2, -0.15) is 0 Å². The van der Waals surface area contributed by atoms with Crippen molar-refractivity contribution in [3.05, 3.63) is 77.3 Å². The van der Waals surface area contributed by atoms with Crippen molar-refractivity contribution in [2.24, 2.45) is 4.99 Å². The number of pyridine rings is 1. The number of hydrogen-bond acceptors (Lipinski definition) is 4. The molecule has 0 radical (unpaired) electrons. The molecule has 6 heteroatoms. The minimum Gasteiger partial charge on any atom is -0.354 e. The normalized spacial score (nSPS) is 17.4. The molecule has 5 nitrogen and oxygen atoms in total. The van der Waals surface area contributed by atoms with Crippen LogP contribution >= 0.6 is 11.6 Å². The van der Waals surface area contributed by atoms with E-state index in [1.807, 2.05) is 36.5 Å². The highest BCUT2D eigenvalue weighted by Gasteiger charge is 2.21. The Kier molecular flexibility index (Phi) is 6.82. The number of allylic oxidation sites excluding steroid dienone is 2. The van der Waals surface area contributed by atoms with Gasteiger partial charge in [0.1, 0.15) is 11.5 Å². The summed E-state index contributed by atoms with van der Waals surface area (Å²) in [6.07, 6.45) is 9.93. The van der Waals surface area contributed by atoms with Gasteiger partial charge in [-0.05, 0) is 61.6 Å². The standard InChI is InChI=1S/C25H28ClN5/c1-3-8-19(20-10-4-5-11-21(20)26)17-22(25-27-14-15-28-25)29-23-12-6-13-24(30-23)31-16-7-9-18(31)2/h4-6,10-15,17-18H,3,7-9,16H2,1-2H3,(H,27,28)/b19-17+,29-22?. The number of benzene rings is 1. The monoisotopic (exact) mass is 433 g/mol. The van der Waals surface area contributed by atoms with Crippen LogP contribution in [0.4, 0.5) is 11.6 Å². The molecule has 1 atom stereocenters. The molecular formula is C25H28ClN5. The van der Waals surface area contributed by atoms with E-state index in [0.717, 1.165) is 47.1 Å². The molecule has 3 aromatic rings. The Bertz CT molecular complexity index is 1070. The molecular weight excluding hydrogens is 406 g/mol. The van der Waals surface area contributed by atoms with Crippen LogP contribution < -0.4 is 4.90 Å². The molecule has 0 saturated carbocycles. The van der Waals surface area contributed by atoms with Crippen LogP contribution in [0.3, 0.4) is 0 Å². The number of rotatable bonds is 7. The molecule has 31 heavy (non-hydrogen) atoms. The number of hydrogen-bond donors (Lipinski definition) is 1. The van der Waals surface area contributed by atoms with E-state index in [-0.39, 0.29) is 0 Å². The highest BCUT2D eigenvalue weighted by molar-refractivity contribution is 6.32. The first-order valence-electron chi connectivity index (χ1n) is 10.9. The van der Waals surface area contributed by atoms with Gasteiger partial charge in [-0.25, -0.2) is 15.0 Å². The Morgan fingerprint density at radius 3 is 2.84 bits per heavy atom. The van der Waals surface area contributed by atoms with Gasteiger partial charge in [-0.3, -0.25) is 0 Å². The van der Waals surface area contributed by atoms with Gasteiger partial charge < -0.3 is 9.88 Å². The SMILES string of the molecule is CCC/C(=C\C(=Nc1cccc(N2CCCC2C)n1)c1ncc[nH]1)c1ccccc1Cl. The molecule has 3 heterocycles. The van der Waals surface area contributed by atoms with Crippen LogP contribution in [0.15, 0.2) is 65.9 Å². The number of aliphatic imine (C=N–C) groups is 1. The third-order valence-corrected chi connectivity index (χ3v) is 5.92. The van der Waals surface area contributed by atoms with Crippen molar-refractivity contribution in [3.63, 3.8) is 0 Å². The number of anilines is 1. The number of nitrogens with zero attached hydrogens (tertiary/aromatic N) is 4. The first-order valence-corrected chi connectivity index (χ1v) is 11.3. The summed E-state index contributed by atoms with van der Waals surface area (Å²) in [4.78, 5) is 19.7. The molecule has 1 N–H and O–H groups in total. The van der Waals surface area contributed by atoms with Crippen LogP contribution in [0.25, 0.3) is 5.57 Å². The summed E-state index contributed by atoms with van der Waals surface area (Å²) in [5.74, 6) is 2.37. The predicted molar refractivity (Wildman–Crippen MR) is 129 cm³/mol. The van der Waals surface area contributed by atoms with E-state index >= 15 is 0 Å². The lowest BCUT2D eigenvalue weighted by Gasteiger charge is -2.22. The predicted octanol–water partition coefficient (Wildman–Crippen LogP) is 6.45. The van der Waals surface area contributed by atoms with Gasteiger partial charge in [-0.15, -0.1) is 0 Å². The van der Waals surface area contributed by atoms with E-state index in [2.05, 4.69) is 46.9 Å². The van der Waals surface area contributed by atoms with Gasteiger partial charge in [0.15, 0.2) is 11.6 Å². The number of nitrogens with one attached hydrogen (secondary N) is 1. The summed E-state index contributed by atoms with van der Waals surface area (Å²) < 4.78 is 0. The lowest BCUT2D eigenvalue weighted by Crippen LogP contribution is -2.26.